The predicted molar refractivity (Wildman–Crippen MR) is 117 cm³/mol. The number of halogens is 2. The Kier molecular flexibility index (Phi) is 8.98. The van der Waals surface area contributed by atoms with Gasteiger partial charge in [-0.1, -0.05) is 13.8 Å². The number of aromatic nitrogens is 3. The third kappa shape index (κ3) is 6.32. The average Bonchev–Trinajstić information content (AvgIpc) is 3.06. The summed E-state index contributed by atoms with van der Waals surface area (Å²) in [4.78, 5) is 10.9. The van der Waals surface area contributed by atoms with Crippen molar-refractivity contribution >= 4 is 45.9 Å². The van der Waals surface area contributed by atoms with E-state index < -0.39 is 0 Å². The van der Waals surface area contributed by atoms with Crippen molar-refractivity contribution in [1.29, 1.82) is 0 Å². The normalized spacial score (nSPS) is 11.6. The second-order valence-corrected chi connectivity index (χ2v) is 7.32. The van der Waals surface area contributed by atoms with Crippen molar-refractivity contribution < 1.29 is 0 Å². The predicted octanol–water partition coefficient (Wildman–Crippen LogP) is 3.47. The first-order valence-corrected chi connectivity index (χ1v) is 8.92. The van der Waals surface area contributed by atoms with Crippen LogP contribution in [0.3, 0.4) is 0 Å². The molecule has 0 amide bonds. The van der Waals surface area contributed by atoms with Crippen LogP contribution in [0.2, 0.25) is 0 Å². The molecule has 0 fully saturated rings. The summed E-state index contributed by atoms with van der Waals surface area (Å²) >= 11 is 3.52. The van der Waals surface area contributed by atoms with E-state index in [0.29, 0.717) is 12.5 Å². The van der Waals surface area contributed by atoms with Gasteiger partial charge in [0.25, 0.3) is 0 Å². The number of aliphatic imine (C=N–C) groups is 1. The molecule has 0 unspecified atom stereocenters. The number of hydrogen-bond donors (Lipinski definition) is 1. The van der Waals surface area contributed by atoms with Crippen molar-refractivity contribution in [2.45, 2.75) is 33.5 Å². The lowest BCUT2D eigenvalue weighted by atomic mass is 10.2. The number of rotatable bonds is 6. The fourth-order valence-electron chi connectivity index (χ4n) is 2.65. The second kappa shape index (κ2) is 10.2. The molecule has 8 heteroatoms. The minimum Gasteiger partial charge on any atom is -0.352 e. The molecule has 2 heterocycles. The van der Waals surface area contributed by atoms with Gasteiger partial charge in [-0.05, 0) is 27.9 Å². The Morgan fingerprint density at radius 2 is 2.16 bits per heavy atom. The summed E-state index contributed by atoms with van der Waals surface area (Å²) < 4.78 is 5.40. The van der Waals surface area contributed by atoms with E-state index in [2.05, 4.69) is 71.4 Å². The van der Waals surface area contributed by atoms with E-state index in [1.165, 1.54) is 5.69 Å². The van der Waals surface area contributed by atoms with Gasteiger partial charge in [0.1, 0.15) is 5.82 Å². The van der Waals surface area contributed by atoms with Crippen molar-refractivity contribution in [2.75, 3.05) is 14.1 Å². The molecule has 0 saturated carbocycles. The van der Waals surface area contributed by atoms with Crippen molar-refractivity contribution in [3.8, 4) is 0 Å². The lowest BCUT2D eigenvalue weighted by molar-refractivity contribution is 0.456. The van der Waals surface area contributed by atoms with Gasteiger partial charge in [-0.25, -0.2) is 4.98 Å². The maximum absolute atomic E-state index is 4.45. The molecule has 0 aliphatic carbocycles. The number of imidazole rings is 1. The standard InChI is InChI=1S/C17H27BrN6.HI/c1-13(2)10-24-7-6-20-16(24)9-21-17(19-3)23(5)12-15-8-14(18)11-22(15)4;/h6-8,11,13H,9-10,12H2,1-5H3,(H,19,21);1H. The first kappa shape index (κ1) is 22.0. The molecule has 2 aromatic rings. The van der Waals surface area contributed by atoms with Crippen LogP contribution in [-0.2, 0) is 26.7 Å². The van der Waals surface area contributed by atoms with Crippen LogP contribution in [0.15, 0.2) is 34.1 Å². The Bertz CT molecular complexity index is 691. The summed E-state index contributed by atoms with van der Waals surface area (Å²) in [6, 6.07) is 2.12. The second-order valence-electron chi connectivity index (χ2n) is 6.41. The van der Waals surface area contributed by atoms with E-state index in [1.807, 2.05) is 26.5 Å². The zero-order valence-electron chi connectivity index (χ0n) is 15.5. The SMILES string of the molecule is CN=C(NCc1nccn1CC(C)C)N(C)Cc1cc(Br)cn1C.I. The van der Waals surface area contributed by atoms with Crippen molar-refractivity contribution in [1.82, 2.24) is 24.3 Å². The largest absolute Gasteiger partial charge is 0.352 e. The van der Waals surface area contributed by atoms with E-state index >= 15 is 0 Å². The molecular weight excluding hydrogens is 495 g/mol. The maximum Gasteiger partial charge on any atom is 0.194 e. The molecule has 0 atom stereocenters. The molecule has 0 aliphatic heterocycles. The molecule has 0 aromatic carbocycles. The maximum atomic E-state index is 4.45. The fourth-order valence-corrected chi connectivity index (χ4v) is 3.22. The zero-order chi connectivity index (χ0) is 17.7. The highest BCUT2D eigenvalue weighted by molar-refractivity contribution is 14.0. The Morgan fingerprint density at radius 1 is 1.44 bits per heavy atom. The lowest BCUT2D eigenvalue weighted by Gasteiger charge is -2.22. The van der Waals surface area contributed by atoms with Crippen molar-refractivity contribution in [2.24, 2.45) is 18.0 Å². The van der Waals surface area contributed by atoms with Crippen LogP contribution in [-0.4, -0.2) is 39.1 Å². The minimum atomic E-state index is 0. The van der Waals surface area contributed by atoms with Crippen molar-refractivity contribution in [3.63, 3.8) is 0 Å². The van der Waals surface area contributed by atoms with Gasteiger partial charge in [0.15, 0.2) is 5.96 Å². The third-order valence-electron chi connectivity index (χ3n) is 3.82. The summed E-state index contributed by atoms with van der Waals surface area (Å²) in [5, 5.41) is 3.40. The smallest absolute Gasteiger partial charge is 0.194 e. The van der Waals surface area contributed by atoms with Crippen LogP contribution in [0.25, 0.3) is 0 Å². The number of aryl methyl sites for hydroxylation is 1. The topological polar surface area (TPSA) is 50.4 Å². The van der Waals surface area contributed by atoms with Crippen LogP contribution in [0, 0.1) is 5.92 Å². The minimum absolute atomic E-state index is 0. The summed E-state index contributed by atoms with van der Waals surface area (Å²) in [7, 11) is 5.89. The van der Waals surface area contributed by atoms with E-state index in [1.54, 1.807) is 7.05 Å². The Morgan fingerprint density at radius 3 is 2.72 bits per heavy atom. The van der Waals surface area contributed by atoms with Crippen LogP contribution >= 0.6 is 39.9 Å². The molecule has 2 rings (SSSR count). The van der Waals surface area contributed by atoms with Crippen LogP contribution in [0.1, 0.15) is 25.4 Å². The number of nitrogens with zero attached hydrogens (tertiary/aromatic N) is 5. The van der Waals surface area contributed by atoms with Crippen LogP contribution in [0.5, 0.6) is 0 Å². The first-order valence-electron chi connectivity index (χ1n) is 8.13. The van der Waals surface area contributed by atoms with Crippen molar-refractivity contribution in [3.05, 3.63) is 40.6 Å². The van der Waals surface area contributed by atoms with E-state index in [9.17, 15) is 0 Å². The van der Waals surface area contributed by atoms with Crippen LogP contribution in [0.4, 0.5) is 0 Å². The third-order valence-corrected chi connectivity index (χ3v) is 4.25. The molecule has 0 radical (unpaired) electrons. The van der Waals surface area contributed by atoms with E-state index in [0.717, 1.165) is 29.3 Å². The summed E-state index contributed by atoms with van der Waals surface area (Å²) in [6.07, 6.45) is 5.94. The first-order chi connectivity index (χ1) is 11.4. The van der Waals surface area contributed by atoms with Gasteiger partial charge < -0.3 is 19.4 Å². The van der Waals surface area contributed by atoms with Gasteiger partial charge in [-0.15, -0.1) is 24.0 Å². The fraction of sp³-hybridized carbons (Fsp3) is 0.529. The van der Waals surface area contributed by atoms with Crippen LogP contribution < -0.4 is 5.32 Å². The van der Waals surface area contributed by atoms with E-state index in [-0.39, 0.29) is 24.0 Å². The van der Waals surface area contributed by atoms with Gasteiger partial charge in [-0.3, -0.25) is 4.99 Å². The number of guanidine groups is 1. The lowest BCUT2D eigenvalue weighted by Crippen LogP contribution is -2.38. The number of hydrogen-bond acceptors (Lipinski definition) is 2. The van der Waals surface area contributed by atoms with E-state index in [4.69, 9.17) is 0 Å². The van der Waals surface area contributed by atoms with Gasteiger partial charge >= 0.3 is 0 Å². The molecule has 2 aromatic heterocycles. The summed E-state index contributed by atoms with van der Waals surface area (Å²) in [6.45, 7) is 6.84. The molecule has 25 heavy (non-hydrogen) atoms. The average molecular weight is 523 g/mol. The highest BCUT2D eigenvalue weighted by Crippen LogP contribution is 2.15. The Hall–Kier alpha value is -1.03. The van der Waals surface area contributed by atoms with Gasteiger partial charge in [0, 0.05) is 56.4 Å². The highest BCUT2D eigenvalue weighted by atomic mass is 127. The molecule has 0 bridgehead atoms. The molecule has 0 spiro atoms. The molecule has 6 nitrogen and oxygen atoms in total. The molecule has 140 valence electrons. The van der Waals surface area contributed by atoms with Gasteiger partial charge in [0.05, 0.1) is 13.1 Å². The molecule has 1 N–H and O–H groups in total. The summed E-state index contributed by atoms with van der Waals surface area (Å²) in [5.74, 6) is 2.47. The highest BCUT2D eigenvalue weighted by Gasteiger charge is 2.11. The van der Waals surface area contributed by atoms with Gasteiger partial charge in [-0.2, -0.15) is 0 Å². The van der Waals surface area contributed by atoms with Gasteiger partial charge in [0.2, 0.25) is 0 Å². The molecule has 0 saturated heterocycles. The monoisotopic (exact) mass is 522 g/mol. The Balaban J connectivity index is 0.00000312. The molecular formula is C17H28BrIN6. The zero-order valence-corrected chi connectivity index (χ0v) is 19.4. The molecule has 0 aliphatic rings. The number of nitrogens with one attached hydrogen (secondary N) is 1. The quantitative estimate of drug-likeness (QED) is 0.359. The summed E-state index contributed by atoms with van der Waals surface area (Å²) in [5.41, 5.74) is 1.22. The Labute approximate surface area is 175 Å².